The topological polar surface area (TPSA) is 75.4 Å². The van der Waals surface area contributed by atoms with Gasteiger partial charge in [-0.1, -0.05) is 30.3 Å². The van der Waals surface area contributed by atoms with Crippen LogP contribution in [0.2, 0.25) is 0 Å². The molecular formula is C13H18N2O2. The molecule has 1 atom stereocenters. The number of nitrogens with two attached hydrogens (primary N) is 1. The lowest BCUT2D eigenvalue weighted by Crippen LogP contribution is -2.52. The molecule has 17 heavy (non-hydrogen) atoms. The summed E-state index contributed by atoms with van der Waals surface area (Å²) in [7, 11) is 0. The molecule has 0 radical (unpaired) electrons. The Bertz CT molecular complexity index is 374. The van der Waals surface area contributed by atoms with Crippen molar-refractivity contribution in [2.75, 3.05) is 0 Å². The molecular weight excluding hydrogens is 216 g/mol. The number of benzene rings is 1. The molecule has 1 fully saturated rings. The largest absolute Gasteiger partial charge is 0.393 e. The Morgan fingerprint density at radius 3 is 2.65 bits per heavy atom. The van der Waals surface area contributed by atoms with Crippen LogP contribution in [0.1, 0.15) is 18.4 Å². The molecule has 0 aromatic heterocycles. The summed E-state index contributed by atoms with van der Waals surface area (Å²) in [4.78, 5) is 11.7. The van der Waals surface area contributed by atoms with E-state index in [1.165, 1.54) is 0 Å². The van der Waals surface area contributed by atoms with Gasteiger partial charge in [0.1, 0.15) is 0 Å². The summed E-state index contributed by atoms with van der Waals surface area (Å²) < 4.78 is 0. The van der Waals surface area contributed by atoms with Gasteiger partial charge in [-0.05, 0) is 24.8 Å². The lowest BCUT2D eigenvalue weighted by molar-refractivity contribution is -0.124. The summed E-state index contributed by atoms with van der Waals surface area (Å²) in [6.07, 6.45) is 1.57. The highest BCUT2D eigenvalue weighted by atomic mass is 16.3. The SMILES string of the molecule is N[C@@H](Cc1ccccc1)C(=O)NC1CC(O)C1. The molecule has 0 heterocycles. The Morgan fingerprint density at radius 1 is 1.41 bits per heavy atom. The Hall–Kier alpha value is -1.39. The van der Waals surface area contributed by atoms with Crippen molar-refractivity contribution in [2.24, 2.45) is 5.73 Å². The van der Waals surface area contributed by atoms with E-state index in [0.29, 0.717) is 19.3 Å². The van der Waals surface area contributed by atoms with Crippen molar-refractivity contribution in [2.45, 2.75) is 37.5 Å². The zero-order valence-corrected chi connectivity index (χ0v) is 9.67. The van der Waals surface area contributed by atoms with Gasteiger partial charge in [-0.15, -0.1) is 0 Å². The Balaban J connectivity index is 1.79. The van der Waals surface area contributed by atoms with E-state index in [1.807, 2.05) is 30.3 Å². The minimum absolute atomic E-state index is 0.0966. The molecule has 1 aliphatic rings. The second-order valence-electron chi connectivity index (χ2n) is 4.63. The van der Waals surface area contributed by atoms with Crippen LogP contribution >= 0.6 is 0 Å². The molecule has 0 spiro atoms. The highest BCUT2D eigenvalue weighted by Gasteiger charge is 2.29. The first-order valence-corrected chi connectivity index (χ1v) is 5.93. The molecule has 2 rings (SSSR count). The minimum Gasteiger partial charge on any atom is -0.393 e. The molecule has 0 saturated heterocycles. The van der Waals surface area contributed by atoms with Gasteiger partial charge >= 0.3 is 0 Å². The van der Waals surface area contributed by atoms with Gasteiger partial charge in [0, 0.05) is 6.04 Å². The van der Waals surface area contributed by atoms with Gasteiger partial charge < -0.3 is 16.2 Å². The lowest BCUT2D eigenvalue weighted by atomic mass is 9.89. The Kier molecular flexibility index (Phi) is 3.76. The van der Waals surface area contributed by atoms with Gasteiger partial charge in [0.05, 0.1) is 12.1 Å². The highest BCUT2D eigenvalue weighted by molar-refractivity contribution is 5.82. The van der Waals surface area contributed by atoms with E-state index in [2.05, 4.69) is 5.32 Å². The molecule has 92 valence electrons. The van der Waals surface area contributed by atoms with E-state index in [-0.39, 0.29) is 18.1 Å². The number of rotatable bonds is 4. The number of carbonyl (C=O) groups excluding carboxylic acids is 1. The third kappa shape index (κ3) is 3.28. The zero-order valence-electron chi connectivity index (χ0n) is 9.67. The van der Waals surface area contributed by atoms with Crippen LogP contribution in [-0.4, -0.2) is 29.2 Å². The van der Waals surface area contributed by atoms with Gasteiger partial charge in [-0.3, -0.25) is 4.79 Å². The molecule has 1 aromatic rings. The lowest BCUT2D eigenvalue weighted by Gasteiger charge is -2.32. The van der Waals surface area contributed by atoms with E-state index < -0.39 is 6.04 Å². The van der Waals surface area contributed by atoms with E-state index >= 15 is 0 Å². The predicted molar refractivity (Wildman–Crippen MR) is 65.3 cm³/mol. The fourth-order valence-electron chi connectivity index (χ4n) is 1.97. The summed E-state index contributed by atoms with van der Waals surface area (Å²) in [6.45, 7) is 0. The van der Waals surface area contributed by atoms with Crippen molar-refractivity contribution >= 4 is 5.91 Å². The predicted octanol–water partition coefficient (Wildman–Crippen LogP) is 0.196. The van der Waals surface area contributed by atoms with Crippen LogP contribution in [0.25, 0.3) is 0 Å². The van der Waals surface area contributed by atoms with Crippen molar-refractivity contribution in [1.82, 2.24) is 5.32 Å². The van der Waals surface area contributed by atoms with Crippen molar-refractivity contribution in [3.05, 3.63) is 35.9 Å². The standard InChI is InChI=1S/C13H18N2O2/c14-12(6-9-4-2-1-3-5-9)13(17)15-10-7-11(16)8-10/h1-5,10-12,16H,6-8,14H2,(H,15,17)/t10?,11?,12-/m0/s1. The average Bonchev–Trinajstić information content (AvgIpc) is 2.28. The quantitative estimate of drug-likeness (QED) is 0.696. The first kappa shape index (κ1) is 12.1. The maximum atomic E-state index is 11.7. The molecule has 1 amide bonds. The number of nitrogens with one attached hydrogen (secondary N) is 1. The molecule has 0 unspecified atom stereocenters. The van der Waals surface area contributed by atoms with E-state index in [9.17, 15) is 4.79 Å². The van der Waals surface area contributed by atoms with Crippen LogP contribution in [-0.2, 0) is 11.2 Å². The summed E-state index contributed by atoms with van der Waals surface area (Å²) in [5.74, 6) is -0.134. The molecule has 0 bridgehead atoms. The number of amides is 1. The zero-order chi connectivity index (χ0) is 12.3. The first-order chi connectivity index (χ1) is 8.15. The molecule has 0 aliphatic heterocycles. The number of carbonyl (C=O) groups is 1. The first-order valence-electron chi connectivity index (χ1n) is 5.93. The maximum Gasteiger partial charge on any atom is 0.237 e. The molecule has 1 aromatic carbocycles. The smallest absolute Gasteiger partial charge is 0.237 e. The van der Waals surface area contributed by atoms with Crippen molar-refractivity contribution in [3.63, 3.8) is 0 Å². The fourth-order valence-corrected chi connectivity index (χ4v) is 1.97. The third-order valence-corrected chi connectivity index (χ3v) is 3.09. The number of hydrogen-bond acceptors (Lipinski definition) is 3. The second-order valence-corrected chi connectivity index (χ2v) is 4.63. The average molecular weight is 234 g/mol. The van der Waals surface area contributed by atoms with E-state index in [1.54, 1.807) is 0 Å². The van der Waals surface area contributed by atoms with E-state index in [4.69, 9.17) is 10.8 Å². The maximum absolute atomic E-state index is 11.7. The van der Waals surface area contributed by atoms with Crippen LogP contribution in [0.4, 0.5) is 0 Å². The van der Waals surface area contributed by atoms with Gasteiger partial charge in [-0.25, -0.2) is 0 Å². The fraction of sp³-hybridized carbons (Fsp3) is 0.462. The molecule has 1 aliphatic carbocycles. The molecule has 1 saturated carbocycles. The summed E-state index contributed by atoms with van der Waals surface area (Å²) in [5, 5.41) is 12.0. The van der Waals surface area contributed by atoms with Gasteiger partial charge in [0.25, 0.3) is 0 Å². The highest BCUT2D eigenvalue weighted by Crippen LogP contribution is 2.19. The van der Waals surface area contributed by atoms with Crippen LogP contribution in [0.5, 0.6) is 0 Å². The van der Waals surface area contributed by atoms with Gasteiger partial charge in [0.2, 0.25) is 5.91 Å². The summed E-state index contributed by atoms with van der Waals surface area (Å²) >= 11 is 0. The minimum atomic E-state index is -0.518. The Labute approximate surface area is 101 Å². The van der Waals surface area contributed by atoms with E-state index in [0.717, 1.165) is 5.56 Å². The van der Waals surface area contributed by atoms with Crippen LogP contribution in [0, 0.1) is 0 Å². The van der Waals surface area contributed by atoms with Crippen LogP contribution in [0.15, 0.2) is 30.3 Å². The summed E-state index contributed by atoms with van der Waals surface area (Å²) in [6, 6.07) is 9.30. The van der Waals surface area contributed by atoms with Crippen LogP contribution < -0.4 is 11.1 Å². The van der Waals surface area contributed by atoms with Crippen molar-refractivity contribution in [3.8, 4) is 0 Å². The molecule has 4 heteroatoms. The second kappa shape index (κ2) is 5.29. The number of aliphatic hydroxyl groups excluding tert-OH is 1. The van der Waals surface area contributed by atoms with Crippen molar-refractivity contribution in [1.29, 1.82) is 0 Å². The molecule has 4 N–H and O–H groups in total. The third-order valence-electron chi connectivity index (χ3n) is 3.09. The summed E-state index contributed by atoms with van der Waals surface area (Å²) in [5.41, 5.74) is 6.90. The Morgan fingerprint density at radius 2 is 2.06 bits per heavy atom. The molecule has 4 nitrogen and oxygen atoms in total. The van der Waals surface area contributed by atoms with Crippen molar-refractivity contribution < 1.29 is 9.90 Å². The number of aliphatic hydroxyl groups is 1. The monoisotopic (exact) mass is 234 g/mol. The van der Waals surface area contributed by atoms with Crippen LogP contribution in [0.3, 0.4) is 0 Å². The van der Waals surface area contributed by atoms with Gasteiger partial charge in [0.15, 0.2) is 0 Å². The normalized spacial score (nSPS) is 24.8. The van der Waals surface area contributed by atoms with Gasteiger partial charge in [-0.2, -0.15) is 0 Å². The number of hydrogen-bond donors (Lipinski definition) is 3.